The van der Waals surface area contributed by atoms with Gasteiger partial charge in [0.2, 0.25) is 5.91 Å². The van der Waals surface area contributed by atoms with Gasteiger partial charge in [-0.05, 0) is 60.2 Å². The minimum absolute atomic E-state index is 0.0312. The first-order chi connectivity index (χ1) is 15.7. The number of nitrogens with zero attached hydrogens (tertiary/aromatic N) is 2. The second-order valence-corrected chi connectivity index (χ2v) is 9.41. The van der Waals surface area contributed by atoms with Gasteiger partial charge in [0.25, 0.3) is 0 Å². The van der Waals surface area contributed by atoms with Crippen LogP contribution in [0.1, 0.15) is 29.0 Å². The van der Waals surface area contributed by atoms with Crippen LogP contribution in [-0.2, 0) is 16.0 Å². The number of thiophene rings is 1. The molecule has 2 aliphatic heterocycles. The van der Waals surface area contributed by atoms with E-state index >= 15 is 0 Å². The van der Waals surface area contributed by atoms with Gasteiger partial charge in [0, 0.05) is 35.9 Å². The molecule has 3 aromatic rings. The highest BCUT2D eigenvalue weighted by atomic mass is 32.1. The molecular weight excluding hydrogens is 418 g/mol. The number of carbonyl (C=O) groups excluding carboxylic acids is 1. The van der Waals surface area contributed by atoms with Gasteiger partial charge < -0.3 is 15.0 Å². The molecule has 1 fully saturated rings. The van der Waals surface area contributed by atoms with E-state index in [9.17, 15) is 4.79 Å². The van der Waals surface area contributed by atoms with Crippen LogP contribution in [-0.4, -0.2) is 49.7 Å². The molecular formula is C26H29N3O2S. The van der Waals surface area contributed by atoms with Gasteiger partial charge in [0.15, 0.2) is 0 Å². The quantitative estimate of drug-likeness (QED) is 0.623. The van der Waals surface area contributed by atoms with Crippen molar-refractivity contribution in [3.05, 3.63) is 82.0 Å². The predicted octanol–water partition coefficient (Wildman–Crippen LogP) is 4.56. The van der Waals surface area contributed by atoms with E-state index in [1.807, 2.05) is 36.5 Å². The van der Waals surface area contributed by atoms with E-state index in [4.69, 9.17) is 4.74 Å². The van der Waals surface area contributed by atoms with Crippen molar-refractivity contribution in [1.29, 1.82) is 0 Å². The zero-order chi connectivity index (χ0) is 21.9. The third kappa shape index (κ3) is 4.31. The highest BCUT2D eigenvalue weighted by molar-refractivity contribution is 7.10. The van der Waals surface area contributed by atoms with Gasteiger partial charge in [-0.2, -0.15) is 0 Å². The van der Waals surface area contributed by atoms with Gasteiger partial charge in [-0.1, -0.05) is 30.3 Å². The first kappa shape index (κ1) is 21.2. The number of anilines is 2. The lowest BCUT2D eigenvalue weighted by Crippen LogP contribution is -2.47. The maximum atomic E-state index is 13.2. The summed E-state index contributed by atoms with van der Waals surface area (Å²) in [6, 6.07) is 20.8. The highest BCUT2D eigenvalue weighted by Crippen LogP contribution is 2.38. The Labute approximate surface area is 193 Å². The Bertz CT molecular complexity index is 1040. The summed E-state index contributed by atoms with van der Waals surface area (Å²) in [6.45, 7) is 6.23. The zero-order valence-electron chi connectivity index (χ0n) is 18.4. The van der Waals surface area contributed by atoms with Crippen LogP contribution in [0, 0.1) is 0 Å². The fraction of sp³-hybridized carbons (Fsp3) is 0.346. The van der Waals surface area contributed by atoms with E-state index in [0.29, 0.717) is 0 Å². The molecule has 0 saturated carbocycles. The number of morpholine rings is 1. The van der Waals surface area contributed by atoms with Crippen LogP contribution in [0.5, 0.6) is 0 Å². The summed E-state index contributed by atoms with van der Waals surface area (Å²) < 4.78 is 5.44. The van der Waals surface area contributed by atoms with Crippen LogP contribution >= 0.6 is 11.3 Å². The Hall–Kier alpha value is -2.67. The summed E-state index contributed by atoms with van der Waals surface area (Å²) in [5.74, 6) is 0.0312. The van der Waals surface area contributed by atoms with Gasteiger partial charge in [0.1, 0.15) is 0 Å². The third-order valence-electron chi connectivity index (χ3n) is 6.51. The SMILES string of the molecule is CC(C(=O)Nc1ccc(N2CCOCC2)cc1)N1CCc2sccc2C1c1ccccc1. The maximum absolute atomic E-state index is 13.2. The van der Waals surface area contributed by atoms with E-state index in [0.717, 1.165) is 45.0 Å². The van der Waals surface area contributed by atoms with Crippen molar-refractivity contribution in [3.8, 4) is 0 Å². The Balaban J connectivity index is 1.31. The lowest BCUT2D eigenvalue weighted by Gasteiger charge is -2.39. The molecule has 2 unspecified atom stereocenters. The lowest BCUT2D eigenvalue weighted by molar-refractivity contribution is -0.121. The smallest absolute Gasteiger partial charge is 0.241 e. The fourth-order valence-corrected chi connectivity index (χ4v) is 5.64. The standard InChI is InChI=1S/C26H29N3O2S/c1-19(26(30)27-21-7-9-22(10-8-21)28-14-16-31-17-15-28)29-13-11-24-23(12-18-32-24)25(29)20-5-3-2-4-6-20/h2-10,12,18-19,25H,11,13-17H2,1H3,(H,27,30). The fourth-order valence-electron chi connectivity index (χ4n) is 4.73. The molecule has 0 radical (unpaired) electrons. The Morgan fingerprint density at radius 3 is 2.53 bits per heavy atom. The molecule has 32 heavy (non-hydrogen) atoms. The number of hydrogen-bond donors (Lipinski definition) is 1. The summed E-state index contributed by atoms with van der Waals surface area (Å²) >= 11 is 1.82. The third-order valence-corrected chi connectivity index (χ3v) is 7.50. The monoisotopic (exact) mass is 447 g/mol. The molecule has 1 aromatic heterocycles. The van der Waals surface area contributed by atoms with E-state index < -0.39 is 0 Å². The average Bonchev–Trinajstić information content (AvgIpc) is 3.33. The van der Waals surface area contributed by atoms with Gasteiger partial charge in [-0.15, -0.1) is 11.3 Å². The first-order valence-electron chi connectivity index (χ1n) is 11.3. The van der Waals surface area contributed by atoms with Crippen LogP contribution in [0.15, 0.2) is 66.0 Å². The second kappa shape index (κ2) is 9.45. The van der Waals surface area contributed by atoms with Crippen LogP contribution < -0.4 is 10.2 Å². The van der Waals surface area contributed by atoms with Crippen molar-refractivity contribution in [2.75, 3.05) is 43.1 Å². The molecule has 6 heteroatoms. The minimum Gasteiger partial charge on any atom is -0.378 e. The Morgan fingerprint density at radius 2 is 1.78 bits per heavy atom. The van der Waals surface area contributed by atoms with E-state index in [2.05, 4.69) is 63.0 Å². The number of carbonyl (C=O) groups is 1. The number of benzene rings is 2. The van der Waals surface area contributed by atoms with Crippen molar-refractivity contribution < 1.29 is 9.53 Å². The van der Waals surface area contributed by atoms with Crippen LogP contribution in [0.4, 0.5) is 11.4 Å². The van der Waals surface area contributed by atoms with E-state index in [1.165, 1.54) is 21.7 Å². The summed E-state index contributed by atoms with van der Waals surface area (Å²) in [7, 11) is 0. The molecule has 3 heterocycles. The lowest BCUT2D eigenvalue weighted by atomic mass is 9.92. The summed E-state index contributed by atoms with van der Waals surface area (Å²) in [6.07, 6.45) is 0.988. The normalized spacial score (nSPS) is 19.9. The summed E-state index contributed by atoms with van der Waals surface area (Å²) in [4.78, 5) is 19.3. The van der Waals surface area contributed by atoms with Crippen LogP contribution in [0.3, 0.4) is 0 Å². The van der Waals surface area contributed by atoms with E-state index in [-0.39, 0.29) is 18.0 Å². The van der Waals surface area contributed by atoms with Gasteiger partial charge in [-0.3, -0.25) is 9.69 Å². The summed E-state index contributed by atoms with van der Waals surface area (Å²) in [5.41, 5.74) is 4.58. The van der Waals surface area contributed by atoms with E-state index in [1.54, 1.807) is 0 Å². The van der Waals surface area contributed by atoms with Crippen LogP contribution in [0.2, 0.25) is 0 Å². The first-order valence-corrected chi connectivity index (χ1v) is 12.2. The summed E-state index contributed by atoms with van der Waals surface area (Å²) in [5, 5.41) is 5.31. The number of ether oxygens (including phenoxy) is 1. The number of rotatable bonds is 5. The molecule has 1 saturated heterocycles. The van der Waals surface area contributed by atoms with Gasteiger partial charge in [0.05, 0.1) is 25.3 Å². The molecule has 2 aromatic carbocycles. The van der Waals surface area contributed by atoms with Crippen molar-refractivity contribution in [2.45, 2.75) is 25.4 Å². The molecule has 0 spiro atoms. The average molecular weight is 448 g/mol. The predicted molar refractivity (Wildman–Crippen MR) is 131 cm³/mol. The Morgan fingerprint density at radius 1 is 1.03 bits per heavy atom. The number of fused-ring (bicyclic) bond motifs is 1. The van der Waals surface area contributed by atoms with Crippen molar-refractivity contribution in [3.63, 3.8) is 0 Å². The number of nitrogens with one attached hydrogen (secondary N) is 1. The molecule has 166 valence electrons. The second-order valence-electron chi connectivity index (χ2n) is 8.41. The number of amides is 1. The largest absolute Gasteiger partial charge is 0.378 e. The van der Waals surface area contributed by atoms with Crippen molar-refractivity contribution in [2.24, 2.45) is 0 Å². The molecule has 0 aliphatic carbocycles. The molecule has 5 nitrogen and oxygen atoms in total. The van der Waals surface area contributed by atoms with Crippen molar-refractivity contribution in [1.82, 2.24) is 4.90 Å². The topological polar surface area (TPSA) is 44.8 Å². The molecule has 2 atom stereocenters. The minimum atomic E-state index is -0.243. The van der Waals surface area contributed by atoms with Crippen molar-refractivity contribution >= 4 is 28.6 Å². The maximum Gasteiger partial charge on any atom is 0.241 e. The van der Waals surface area contributed by atoms with Gasteiger partial charge >= 0.3 is 0 Å². The molecule has 0 bridgehead atoms. The van der Waals surface area contributed by atoms with Crippen LogP contribution in [0.25, 0.3) is 0 Å². The number of hydrogen-bond acceptors (Lipinski definition) is 5. The molecule has 5 rings (SSSR count). The molecule has 2 aliphatic rings. The zero-order valence-corrected chi connectivity index (χ0v) is 19.2. The molecule has 1 amide bonds. The Kier molecular flexibility index (Phi) is 6.26. The van der Waals surface area contributed by atoms with Gasteiger partial charge in [-0.25, -0.2) is 0 Å². The highest BCUT2D eigenvalue weighted by Gasteiger charge is 2.35. The molecule has 1 N–H and O–H groups in total.